The Labute approximate surface area is 120 Å². The molecule has 0 aliphatic carbocycles. The van der Waals surface area contributed by atoms with Gasteiger partial charge in [0.05, 0.1) is 6.61 Å². The predicted molar refractivity (Wildman–Crippen MR) is 79.8 cm³/mol. The summed E-state index contributed by atoms with van der Waals surface area (Å²) in [7, 11) is 0. The number of hydrogen-bond donors (Lipinski definition) is 2. The Balaban J connectivity index is 1.66. The van der Waals surface area contributed by atoms with E-state index in [9.17, 15) is 0 Å². The lowest BCUT2D eigenvalue weighted by Gasteiger charge is -2.34. The smallest absolute Gasteiger partial charge is 0.119 e. The van der Waals surface area contributed by atoms with Crippen molar-refractivity contribution in [3.63, 3.8) is 0 Å². The number of nitrogens with two attached hydrogens (primary N) is 1. The normalized spacial score (nSPS) is 17.3. The van der Waals surface area contributed by atoms with Gasteiger partial charge in [0.2, 0.25) is 0 Å². The summed E-state index contributed by atoms with van der Waals surface area (Å²) >= 11 is 0. The van der Waals surface area contributed by atoms with Gasteiger partial charge in [-0.3, -0.25) is 9.80 Å². The number of aliphatic hydroxyl groups is 1. The topological polar surface area (TPSA) is 62.0 Å². The van der Waals surface area contributed by atoms with Crippen LogP contribution >= 0.6 is 0 Å². The number of piperazine rings is 1. The largest absolute Gasteiger partial charge is 0.492 e. The Morgan fingerprint density at radius 3 is 2.45 bits per heavy atom. The van der Waals surface area contributed by atoms with Crippen molar-refractivity contribution in [1.29, 1.82) is 0 Å². The van der Waals surface area contributed by atoms with Crippen LogP contribution in [0.4, 0.5) is 0 Å². The maximum Gasteiger partial charge on any atom is 0.119 e. The first-order valence-corrected chi connectivity index (χ1v) is 7.29. The molecule has 5 nitrogen and oxygen atoms in total. The Kier molecular flexibility index (Phi) is 6.26. The fourth-order valence-electron chi connectivity index (χ4n) is 2.43. The van der Waals surface area contributed by atoms with Gasteiger partial charge in [-0.25, -0.2) is 0 Å². The van der Waals surface area contributed by atoms with Crippen molar-refractivity contribution in [1.82, 2.24) is 9.80 Å². The zero-order valence-corrected chi connectivity index (χ0v) is 12.0. The number of nitrogens with zero attached hydrogens (tertiary/aromatic N) is 2. The molecule has 0 spiro atoms. The molecule has 0 aromatic heterocycles. The average molecular weight is 279 g/mol. The van der Waals surface area contributed by atoms with Crippen molar-refractivity contribution in [3.05, 3.63) is 29.8 Å². The Morgan fingerprint density at radius 1 is 1.10 bits per heavy atom. The highest BCUT2D eigenvalue weighted by Gasteiger charge is 2.15. The van der Waals surface area contributed by atoms with Gasteiger partial charge in [0.15, 0.2) is 0 Å². The van der Waals surface area contributed by atoms with Crippen molar-refractivity contribution >= 4 is 0 Å². The van der Waals surface area contributed by atoms with E-state index in [1.807, 2.05) is 24.3 Å². The lowest BCUT2D eigenvalue weighted by atomic mass is 10.2. The molecule has 1 saturated heterocycles. The standard InChI is InChI=1S/C15H25N3O2/c16-13-14-2-1-3-15(12-14)20-11-9-18-6-4-17(5-7-18)8-10-19/h1-3,12,19H,4-11,13,16H2. The molecule has 2 rings (SSSR count). The molecule has 1 aliphatic heterocycles. The quantitative estimate of drug-likeness (QED) is 0.743. The van der Waals surface area contributed by atoms with E-state index in [2.05, 4.69) is 9.80 Å². The maximum absolute atomic E-state index is 8.91. The highest BCUT2D eigenvalue weighted by atomic mass is 16.5. The lowest BCUT2D eigenvalue weighted by molar-refractivity contribution is 0.102. The van der Waals surface area contributed by atoms with Gasteiger partial charge in [-0.15, -0.1) is 0 Å². The summed E-state index contributed by atoms with van der Waals surface area (Å²) in [6.45, 7) is 7.39. The molecule has 0 radical (unpaired) electrons. The van der Waals surface area contributed by atoms with Crippen LogP contribution in [0.2, 0.25) is 0 Å². The molecule has 0 unspecified atom stereocenters. The Hall–Kier alpha value is -1.14. The summed E-state index contributed by atoms with van der Waals surface area (Å²) < 4.78 is 5.77. The van der Waals surface area contributed by atoms with E-state index in [-0.39, 0.29) is 6.61 Å². The fourth-order valence-corrected chi connectivity index (χ4v) is 2.43. The highest BCUT2D eigenvalue weighted by molar-refractivity contribution is 5.28. The van der Waals surface area contributed by atoms with Gasteiger partial charge in [-0.2, -0.15) is 0 Å². The van der Waals surface area contributed by atoms with Crippen LogP contribution in [0.15, 0.2) is 24.3 Å². The van der Waals surface area contributed by atoms with Gasteiger partial charge in [-0.1, -0.05) is 12.1 Å². The van der Waals surface area contributed by atoms with Crippen LogP contribution in [0.25, 0.3) is 0 Å². The summed E-state index contributed by atoms with van der Waals surface area (Å²) in [5.41, 5.74) is 6.71. The molecule has 0 atom stereocenters. The van der Waals surface area contributed by atoms with E-state index in [0.29, 0.717) is 13.2 Å². The molecule has 112 valence electrons. The molecule has 20 heavy (non-hydrogen) atoms. The maximum atomic E-state index is 8.91. The average Bonchev–Trinajstić information content (AvgIpc) is 2.50. The minimum atomic E-state index is 0.251. The minimum Gasteiger partial charge on any atom is -0.492 e. The molecular formula is C15H25N3O2. The van der Waals surface area contributed by atoms with E-state index >= 15 is 0 Å². The van der Waals surface area contributed by atoms with Crippen LogP contribution in [0, 0.1) is 0 Å². The van der Waals surface area contributed by atoms with Crippen LogP contribution in [0.5, 0.6) is 5.75 Å². The third-order valence-electron chi connectivity index (χ3n) is 3.69. The van der Waals surface area contributed by atoms with Crippen LogP contribution < -0.4 is 10.5 Å². The molecule has 5 heteroatoms. The van der Waals surface area contributed by atoms with Crippen LogP contribution in [-0.2, 0) is 6.54 Å². The van der Waals surface area contributed by atoms with Gasteiger partial charge in [-0.05, 0) is 17.7 Å². The molecule has 0 amide bonds. The van der Waals surface area contributed by atoms with Crippen molar-refractivity contribution < 1.29 is 9.84 Å². The van der Waals surface area contributed by atoms with E-state index < -0.39 is 0 Å². The molecule has 0 bridgehead atoms. The van der Waals surface area contributed by atoms with E-state index in [4.69, 9.17) is 15.6 Å². The van der Waals surface area contributed by atoms with Crippen LogP contribution in [0.1, 0.15) is 5.56 Å². The van der Waals surface area contributed by atoms with Gasteiger partial charge >= 0.3 is 0 Å². The van der Waals surface area contributed by atoms with Crippen LogP contribution in [-0.4, -0.2) is 67.4 Å². The SMILES string of the molecule is NCc1cccc(OCCN2CCN(CCO)CC2)c1. The van der Waals surface area contributed by atoms with Crippen molar-refractivity contribution in [2.45, 2.75) is 6.54 Å². The third-order valence-corrected chi connectivity index (χ3v) is 3.69. The zero-order chi connectivity index (χ0) is 14.2. The van der Waals surface area contributed by atoms with Crippen LogP contribution in [0.3, 0.4) is 0 Å². The second-order valence-electron chi connectivity index (χ2n) is 5.11. The second kappa shape index (κ2) is 8.21. The molecule has 1 aromatic carbocycles. The Bertz CT molecular complexity index is 392. The summed E-state index contributed by atoms with van der Waals surface area (Å²) in [4.78, 5) is 4.70. The second-order valence-corrected chi connectivity index (χ2v) is 5.11. The molecule has 1 fully saturated rings. The van der Waals surface area contributed by atoms with Gasteiger partial charge in [0.1, 0.15) is 12.4 Å². The molecule has 3 N–H and O–H groups in total. The van der Waals surface area contributed by atoms with Crippen molar-refractivity contribution in [2.75, 3.05) is 52.5 Å². The predicted octanol–water partition coefficient (Wildman–Crippen LogP) is 0.134. The van der Waals surface area contributed by atoms with E-state index in [0.717, 1.165) is 50.6 Å². The molecule has 1 heterocycles. The molecular weight excluding hydrogens is 254 g/mol. The van der Waals surface area contributed by atoms with Gasteiger partial charge in [0.25, 0.3) is 0 Å². The number of ether oxygens (including phenoxy) is 1. The third kappa shape index (κ3) is 4.76. The summed E-state index contributed by atoms with van der Waals surface area (Å²) in [6, 6.07) is 7.95. The first-order chi connectivity index (χ1) is 9.81. The zero-order valence-electron chi connectivity index (χ0n) is 12.0. The minimum absolute atomic E-state index is 0.251. The lowest BCUT2D eigenvalue weighted by Crippen LogP contribution is -2.48. The van der Waals surface area contributed by atoms with E-state index in [1.54, 1.807) is 0 Å². The Morgan fingerprint density at radius 2 is 1.80 bits per heavy atom. The monoisotopic (exact) mass is 279 g/mol. The number of aliphatic hydroxyl groups excluding tert-OH is 1. The molecule has 1 aromatic rings. The summed E-state index contributed by atoms with van der Waals surface area (Å²) in [6.07, 6.45) is 0. The van der Waals surface area contributed by atoms with Crippen molar-refractivity contribution in [2.24, 2.45) is 5.73 Å². The number of benzene rings is 1. The van der Waals surface area contributed by atoms with Gasteiger partial charge < -0.3 is 15.6 Å². The first kappa shape index (κ1) is 15.3. The van der Waals surface area contributed by atoms with Gasteiger partial charge in [0, 0.05) is 45.8 Å². The number of hydrogen-bond acceptors (Lipinski definition) is 5. The summed E-state index contributed by atoms with van der Waals surface area (Å²) in [5.74, 6) is 0.895. The van der Waals surface area contributed by atoms with E-state index in [1.165, 1.54) is 0 Å². The highest BCUT2D eigenvalue weighted by Crippen LogP contribution is 2.12. The number of rotatable bonds is 7. The molecule has 0 saturated carbocycles. The first-order valence-electron chi connectivity index (χ1n) is 7.29. The van der Waals surface area contributed by atoms with Crippen molar-refractivity contribution in [3.8, 4) is 5.75 Å². The summed E-state index contributed by atoms with van der Waals surface area (Å²) in [5, 5.41) is 8.91. The molecule has 1 aliphatic rings. The fraction of sp³-hybridized carbons (Fsp3) is 0.600. The number of β-amino-alcohol motifs (C(OH)–C–C–N with tert-alkyl or cyclic N) is 1.